The molecule has 2 aromatic carbocycles. The van der Waals surface area contributed by atoms with Gasteiger partial charge in [0.05, 0.1) is 0 Å². The molecule has 0 atom stereocenters. The van der Waals surface area contributed by atoms with E-state index in [9.17, 15) is 12.8 Å². The number of nitrogens with two attached hydrogens (primary N) is 1. The van der Waals surface area contributed by atoms with Crippen LogP contribution in [0.25, 0.3) is 0 Å². The van der Waals surface area contributed by atoms with Crippen LogP contribution in [0.1, 0.15) is 12.5 Å². The Hall–Kier alpha value is -1.92. The van der Waals surface area contributed by atoms with Crippen LogP contribution in [0.2, 0.25) is 0 Å². The van der Waals surface area contributed by atoms with Gasteiger partial charge in [-0.25, -0.2) is 12.8 Å². The third kappa shape index (κ3) is 3.40. The number of nitrogen functional groups attached to an aromatic ring is 1. The highest BCUT2D eigenvalue weighted by Gasteiger charge is 2.26. The van der Waals surface area contributed by atoms with Gasteiger partial charge >= 0.3 is 0 Å². The SMILES string of the molecule is CCN(Cc1ccccc1)S(=O)(=O)c1cc(N)ccc1F. The monoisotopic (exact) mass is 308 g/mol. The van der Waals surface area contributed by atoms with Crippen LogP contribution in [0.4, 0.5) is 10.1 Å². The molecule has 0 unspecified atom stereocenters. The Morgan fingerprint density at radius 1 is 1.14 bits per heavy atom. The molecule has 2 rings (SSSR count). The first-order chi connectivity index (χ1) is 9.95. The van der Waals surface area contributed by atoms with Crippen LogP contribution in [0.15, 0.2) is 53.4 Å². The highest BCUT2D eigenvalue weighted by molar-refractivity contribution is 7.89. The maximum atomic E-state index is 13.8. The first kappa shape index (κ1) is 15.5. The summed E-state index contributed by atoms with van der Waals surface area (Å²) in [4.78, 5) is -0.389. The van der Waals surface area contributed by atoms with Crippen LogP contribution in [-0.4, -0.2) is 19.3 Å². The Bertz CT molecular complexity index is 718. The van der Waals surface area contributed by atoms with Crippen molar-refractivity contribution in [1.29, 1.82) is 0 Å². The maximum absolute atomic E-state index is 13.8. The average molecular weight is 308 g/mol. The number of halogens is 1. The van der Waals surface area contributed by atoms with E-state index in [1.54, 1.807) is 6.92 Å². The highest BCUT2D eigenvalue weighted by atomic mass is 32.2. The van der Waals surface area contributed by atoms with E-state index in [1.165, 1.54) is 10.4 Å². The summed E-state index contributed by atoms with van der Waals surface area (Å²) in [7, 11) is -3.92. The number of anilines is 1. The molecule has 21 heavy (non-hydrogen) atoms. The zero-order chi connectivity index (χ0) is 15.5. The van der Waals surface area contributed by atoms with Crippen LogP contribution in [0.3, 0.4) is 0 Å². The fraction of sp³-hybridized carbons (Fsp3) is 0.200. The molecule has 112 valence electrons. The summed E-state index contributed by atoms with van der Waals surface area (Å²) in [5.41, 5.74) is 6.62. The molecule has 0 spiro atoms. The van der Waals surface area contributed by atoms with Gasteiger partial charge in [0.1, 0.15) is 10.7 Å². The van der Waals surface area contributed by atoms with E-state index in [1.807, 2.05) is 30.3 Å². The number of hydrogen-bond acceptors (Lipinski definition) is 3. The summed E-state index contributed by atoms with van der Waals surface area (Å²) < 4.78 is 40.2. The summed E-state index contributed by atoms with van der Waals surface area (Å²) in [5, 5.41) is 0. The van der Waals surface area contributed by atoms with Gasteiger partial charge in [0.2, 0.25) is 10.0 Å². The summed E-state index contributed by atoms with van der Waals surface area (Å²) >= 11 is 0. The van der Waals surface area contributed by atoms with E-state index in [2.05, 4.69) is 0 Å². The zero-order valence-electron chi connectivity index (χ0n) is 11.7. The standard InChI is InChI=1S/C15H17FN2O2S/c1-2-18(11-12-6-4-3-5-7-12)21(19,20)15-10-13(17)8-9-14(15)16/h3-10H,2,11,17H2,1H3. The second-order valence-corrected chi connectivity index (χ2v) is 6.51. The lowest BCUT2D eigenvalue weighted by Crippen LogP contribution is -2.31. The molecule has 4 nitrogen and oxygen atoms in total. The predicted molar refractivity (Wildman–Crippen MR) is 80.5 cm³/mol. The lowest BCUT2D eigenvalue weighted by Gasteiger charge is -2.21. The highest BCUT2D eigenvalue weighted by Crippen LogP contribution is 2.23. The number of nitrogens with zero attached hydrogens (tertiary/aromatic N) is 1. The van der Waals surface area contributed by atoms with Gasteiger partial charge in [-0.15, -0.1) is 0 Å². The number of rotatable bonds is 5. The fourth-order valence-electron chi connectivity index (χ4n) is 2.01. The van der Waals surface area contributed by atoms with Gasteiger partial charge in [-0.1, -0.05) is 37.3 Å². The summed E-state index contributed by atoms with van der Waals surface area (Å²) in [6, 6.07) is 12.7. The van der Waals surface area contributed by atoms with Crippen LogP contribution >= 0.6 is 0 Å². The smallest absolute Gasteiger partial charge is 0.246 e. The van der Waals surface area contributed by atoms with Crippen molar-refractivity contribution < 1.29 is 12.8 Å². The number of hydrogen-bond donors (Lipinski definition) is 1. The number of sulfonamides is 1. The van der Waals surface area contributed by atoms with E-state index in [-0.39, 0.29) is 23.7 Å². The van der Waals surface area contributed by atoms with Gasteiger partial charge in [0.15, 0.2) is 0 Å². The first-order valence-corrected chi connectivity index (χ1v) is 7.98. The molecule has 0 bridgehead atoms. The normalized spacial score (nSPS) is 11.8. The lowest BCUT2D eigenvalue weighted by molar-refractivity contribution is 0.419. The molecule has 6 heteroatoms. The Morgan fingerprint density at radius 3 is 2.43 bits per heavy atom. The van der Waals surface area contributed by atoms with Gasteiger partial charge in [-0.05, 0) is 23.8 Å². The maximum Gasteiger partial charge on any atom is 0.246 e. The molecule has 0 aliphatic carbocycles. The summed E-state index contributed by atoms with van der Waals surface area (Å²) in [6.45, 7) is 2.14. The largest absolute Gasteiger partial charge is 0.399 e. The molecule has 0 saturated carbocycles. The van der Waals surface area contributed by atoms with Crippen LogP contribution in [0.5, 0.6) is 0 Å². The van der Waals surface area contributed by atoms with E-state index in [4.69, 9.17) is 5.73 Å². The Kier molecular flexibility index (Phi) is 4.59. The van der Waals surface area contributed by atoms with Gasteiger partial charge in [0, 0.05) is 18.8 Å². The molecule has 0 radical (unpaired) electrons. The molecule has 0 aromatic heterocycles. The molecule has 0 aliphatic heterocycles. The van der Waals surface area contributed by atoms with Crippen molar-refractivity contribution in [3.05, 3.63) is 59.9 Å². The minimum Gasteiger partial charge on any atom is -0.399 e. The van der Waals surface area contributed by atoms with Crippen LogP contribution < -0.4 is 5.73 Å². The van der Waals surface area contributed by atoms with Crippen molar-refractivity contribution in [2.75, 3.05) is 12.3 Å². The molecule has 0 fully saturated rings. The molecule has 2 aromatic rings. The van der Waals surface area contributed by atoms with E-state index < -0.39 is 15.8 Å². The lowest BCUT2D eigenvalue weighted by atomic mass is 10.2. The second kappa shape index (κ2) is 6.24. The predicted octanol–water partition coefficient (Wildman–Crippen LogP) is 2.62. The molecule has 0 heterocycles. The summed E-state index contributed by atoms with van der Waals surface area (Å²) in [6.07, 6.45) is 0. The van der Waals surface area contributed by atoms with Gasteiger partial charge in [0.25, 0.3) is 0 Å². The van der Waals surface area contributed by atoms with Gasteiger partial charge in [-0.2, -0.15) is 4.31 Å². The minimum atomic E-state index is -3.92. The van der Waals surface area contributed by atoms with Crippen molar-refractivity contribution in [1.82, 2.24) is 4.31 Å². The zero-order valence-corrected chi connectivity index (χ0v) is 12.5. The molecular weight excluding hydrogens is 291 g/mol. The van der Waals surface area contributed by atoms with Crippen molar-refractivity contribution in [3.63, 3.8) is 0 Å². The average Bonchev–Trinajstić information content (AvgIpc) is 2.48. The van der Waals surface area contributed by atoms with Gasteiger partial charge < -0.3 is 5.73 Å². The van der Waals surface area contributed by atoms with E-state index >= 15 is 0 Å². The third-order valence-corrected chi connectivity index (χ3v) is 5.06. The van der Waals surface area contributed by atoms with Crippen molar-refractivity contribution >= 4 is 15.7 Å². The third-order valence-electron chi connectivity index (χ3n) is 3.13. The molecule has 0 amide bonds. The molecule has 0 saturated heterocycles. The second-order valence-electron chi connectivity index (χ2n) is 4.61. The van der Waals surface area contributed by atoms with Crippen molar-refractivity contribution in [3.8, 4) is 0 Å². The number of benzene rings is 2. The molecule has 2 N–H and O–H groups in total. The van der Waals surface area contributed by atoms with Crippen LogP contribution in [-0.2, 0) is 16.6 Å². The first-order valence-electron chi connectivity index (χ1n) is 6.54. The minimum absolute atomic E-state index is 0.188. The Balaban J connectivity index is 2.38. The molecular formula is C15H17FN2O2S. The van der Waals surface area contributed by atoms with E-state index in [0.717, 1.165) is 17.7 Å². The Morgan fingerprint density at radius 2 is 1.81 bits per heavy atom. The topological polar surface area (TPSA) is 63.4 Å². The van der Waals surface area contributed by atoms with E-state index in [0.29, 0.717) is 0 Å². The Labute approximate surface area is 124 Å². The molecule has 0 aliphatic rings. The van der Waals surface area contributed by atoms with Gasteiger partial charge in [-0.3, -0.25) is 0 Å². The van der Waals surface area contributed by atoms with Crippen molar-refractivity contribution in [2.24, 2.45) is 0 Å². The quantitative estimate of drug-likeness (QED) is 0.864. The summed E-state index contributed by atoms with van der Waals surface area (Å²) in [5.74, 6) is -0.796. The van der Waals surface area contributed by atoms with Crippen molar-refractivity contribution in [2.45, 2.75) is 18.4 Å². The van der Waals surface area contributed by atoms with Crippen LogP contribution in [0, 0.1) is 5.82 Å². The fourth-order valence-corrected chi connectivity index (χ4v) is 3.55.